The number of carbonyl (C=O) groups is 1. The van der Waals surface area contributed by atoms with Gasteiger partial charge in [0.1, 0.15) is 17.3 Å². The summed E-state index contributed by atoms with van der Waals surface area (Å²) in [5.74, 6) is -0.675. The third-order valence-electron chi connectivity index (χ3n) is 2.91. The van der Waals surface area contributed by atoms with Crippen LogP contribution in [0.4, 0.5) is 0 Å². The summed E-state index contributed by atoms with van der Waals surface area (Å²) in [5, 5.41) is 20.1. The zero-order valence-electron chi connectivity index (χ0n) is 12.2. The summed E-state index contributed by atoms with van der Waals surface area (Å²) in [4.78, 5) is 31.1. The van der Waals surface area contributed by atoms with Gasteiger partial charge in [-0.15, -0.1) is 11.3 Å². The predicted molar refractivity (Wildman–Crippen MR) is 83.3 cm³/mol. The molecule has 2 rings (SSSR count). The highest BCUT2D eigenvalue weighted by atomic mass is 32.1. The Labute approximate surface area is 134 Å². The maximum absolute atomic E-state index is 12.4. The number of thiazole rings is 1. The number of amides is 1. The van der Waals surface area contributed by atoms with E-state index in [1.54, 1.807) is 25.3 Å². The van der Waals surface area contributed by atoms with E-state index in [-0.39, 0.29) is 22.3 Å². The van der Waals surface area contributed by atoms with Gasteiger partial charge in [-0.25, -0.2) is 4.98 Å². The lowest BCUT2D eigenvalue weighted by molar-refractivity contribution is -0.115. The number of carbonyl (C=O) groups excluding carboxylic acids is 1. The first-order chi connectivity index (χ1) is 11.1. The minimum atomic E-state index is -0.675. The van der Waals surface area contributed by atoms with E-state index in [9.17, 15) is 14.9 Å². The van der Waals surface area contributed by atoms with Gasteiger partial charge in [-0.2, -0.15) is 10.5 Å². The van der Waals surface area contributed by atoms with Gasteiger partial charge in [0.05, 0.1) is 28.8 Å². The summed E-state index contributed by atoms with van der Waals surface area (Å²) in [6, 6.07) is 3.58. The monoisotopic (exact) mass is 328 g/mol. The Balaban J connectivity index is 2.70. The number of hydrogen-bond acceptors (Lipinski definition) is 6. The highest BCUT2D eigenvalue weighted by Crippen LogP contribution is 1.94. The average Bonchev–Trinajstić information content (AvgIpc) is 3.15. The third kappa shape index (κ3) is 3.36. The third-order valence-corrected chi connectivity index (χ3v) is 4.04. The van der Waals surface area contributed by atoms with Crippen LogP contribution in [-0.2, 0) is 11.3 Å². The number of nitrogens with one attached hydrogen (secondary N) is 2. The molecule has 1 amide bonds. The van der Waals surface area contributed by atoms with Crippen molar-refractivity contribution in [2.45, 2.75) is 13.5 Å². The lowest BCUT2D eigenvalue weighted by Gasteiger charge is -1.99. The van der Waals surface area contributed by atoms with E-state index in [1.807, 2.05) is 6.07 Å². The van der Waals surface area contributed by atoms with Crippen LogP contribution in [0.2, 0.25) is 0 Å². The maximum Gasteiger partial charge on any atom is 0.269 e. The Kier molecular flexibility index (Phi) is 5.07. The van der Waals surface area contributed by atoms with Gasteiger partial charge in [0, 0.05) is 6.54 Å². The van der Waals surface area contributed by atoms with Crippen LogP contribution in [0.3, 0.4) is 0 Å². The zero-order valence-corrected chi connectivity index (χ0v) is 13.0. The largest absolute Gasteiger partial charge is 0.345 e. The highest BCUT2D eigenvalue weighted by molar-refractivity contribution is 7.07. The summed E-state index contributed by atoms with van der Waals surface area (Å²) in [6.45, 7) is 1.86. The van der Waals surface area contributed by atoms with Gasteiger partial charge in [0.15, 0.2) is 5.57 Å². The van der Waals surface area contributed by atoms with Gasteiger partial charge >= 0.3 is 0 Å². The lowest BCUT2D eigenvalue weighted by Crippen LogP contribution is -2.34. The number of aromatic amines is 1. The molecule has 23 heavy (non-hydrogen) atoms. The Morgan fingerprint density at radius 1 is 1.57 bits per heavy atom. The van der Waals surface area contributed by atoms with E-state index in [0.717, 1.165) is 11.3 Å². The van der Waals surface area contributed by atoms with Crippen LogP contribution in [0.5, 0.6) is 0 Å². The Bertz CT molecular complexity index is 969. The normalized spacial score (nSPS) is 12.4. The van der Waals surface area contributed by atoms with Crippen molar-refractivity contribution in [3.05, 3.63) is 37.8 Å². The number of H-pyrrole nitrogens is 1. The van der Waals surface area contributed by atoms with Crippen molar-refractivity contribution in [2.75, 3.05) is 6.54 Å². The van der Waals surface area contributed by atoms with Crippen molar-refractivity contribution in [3.63, 3.8) is 0 Å². The Morgan fingerprint density at radius 2 is 2.35 bits per heavy atom. The van der Waals surface area contributed by atoms with Gasteiger partial charge in [0.2, 0.25) is 0 Å². The van der Waals surface area contributed by atoms with Crippen molar-refractivity contribution in [1.29, 1.82) is 10.5 Å². The molecule has 2 N–H and O–H groups in total. The number of aromatic nitrogens is 3. The number of nitrogens with zero attached hydrogens (tertiary/aromatic N) is 4. The van der Waals surface area contributed by atoms with Crippen LogP contribution in [-0.4, -0.2) is 27.0 Å². The minimum absolute atomic E-state index is 0.187. The van der Waals surface area contributed by atoms with Crippen LogP contribution in [0.25, 0.3) is 11.6 Å². The molecule has 0 fully saturated rings. The number of nitriles is 2. The quantitative estimate of drug-likeness (QED) is 0.681. The topological polar surface area (TPSA) is 127 Å². The molecule has 0 saturated carbocycles. The van der Waals surface area contributed by atoms with E-state index in [1.165, 1.54) is 10.9 Å². The molecule has 116 valence electrons. The molecule has 0 aromatic carbocycles. The first-order valence-corrected chi connectivity index (χ1v) is 7.43. The second-order valence-electron chi connectivity index (χ2n) is 4.30. The molecule has 0 spiro atoms. The molecule has 8 nitrogen and oxygen atoms in total. The molecule has 2 aromatic heterocycles. The average molecular weight is 328 g/mol. The molecule has 0 aliphatic carbocycles. The van der Waals surface area contributed by atoms with Gasteiger partial charge < -0.3 is 10.3 Å². The molecule has 0 bridgehead atoms. The second-order valence-corrected chi connectivity index (χ2v) is 5.33. The first-order valence-electron chi connectivity index (χ1n) is 6.61. The van der Waals surface area contributed by atoms with Crippen molar-refractivity contribution >= 4 is 28.9 Å². The summed E-state index contributed by atoms with van der Waals surface area (Å²) in [7, 11) is 0. The summed E-state index contributed by atoms with van der Waals surface area (Å²) < 4.78 is 2.00. The van der Waals surface area contributed by atoms with Gasteiger partial charge in [0.25, 0.3) is 11.5 Å². The Morgan fingerprint density at radius 3 is 2.91 bits per heavy atom. The number of rotatable bonds is 4. The van der Waals surface area contributed by atoms with Crippen LogP contribution < -0.4 is 20.1 Å². The van der Waals surface area contributed by atoms with Crippen LogP contribution in [0.1, 0.15) is 12.6 Å². The zero-order chi connectivity index (χ0) is 16.8. The van der Waals surface area contributed by atoms with E-state index >= 15 is 0 Å². The fourth-order valence-electron chi connectivity index (χ4n) is 1.88. The molecular weight excluding hydrogens is 316 g/mol. The van der Waals surface area contributed by atoms with Crippen molar-refractivity contribution in [2.24, 2.45) is 0 Å². The standard InChI is InChI=1S/C14H12N6O2S/c1-2-20-13(22)11(5-9-7-17-8-19-9)23-14(20)10(6-16)12(21)18-4-3-15/h5,7-8H,2,4H2,1H3,(H,17,19)(H,18,21)/b11-5-,14-10-. The molecule has 0 radical (unpaired) electrons. The molecular formula is C14H12N6O2S. The van der Waals surface area contributed by atoms with Crippen LogP contribution in [0.15, 0.2) is 17.3 Å². The highest BCUT2D eigenvalue weighted by Gasteiger charge is 2.14. The predicted octanol–water partition coefficient (Wildman–Crippen LogP) is -1.20. The van der Waals surface area contributed by atoms with E-state index in [2.05, 4.69) is 15.3 Å². The van der Waals surface area contributed by atoms with Crippen molar-refractivity contribution in [3.8, 4) is 12.1 Å². The molecule has 0 aliphatic heterocycles. The van der Waals surface area contributed by atoms with Crippen molar-refractivity contribution < 1.29 is 4.79 Å². The molecule has 0 saturated heterocycles. The molecule has 2 aromatic rings. The smallest absolute Gasteiger partial charge is 0.269 e. The number of hydrogen-bond donors (Lipinski definition) is 2. The number of imidazole rings is 1. The first kappa shape index (κ1) is 16.2. The second kappa shape index (κ2) is 7.20. The summed E-state index contributed by atoms with van der Waals surface area (Å²) in [6.07, 6.45) is 4.66. The SMILES string of the molecule is CCn1c(=O)/c(=C/c2cnc[nH]2)s/c1=C(/C#N)C(=O)NCC#N. The Hall–Kier alpha value is -3.17. The van der Waals surface area contributed by atoms with E-state index in [4.69, 9.17) is 5.26 Å². The molecule has 0 aliphatic rings. The van der Waals surface area contributed by atoms with E-state index < -0.39 is 5.91 Å². The maximum atomic E-state index is 12.4. The van der Waals surface area contributed by atoms with Gasteiger partial charge in [-0.3, -0.25) is 14.2 Å². The van der Waals surface area contributed by atoms with Crippen molar-refractivity contribution in [1.82, 2.24) is 19.9 Å². The molecule has 9 heteroatoms. The van der Waals surface area contributed by atoms with E-state index in [0.29, 0.717) is 16.8 Å². The van der Waals surface area contributed by atoms with Gasteiger partial charge in [-0.1, -0.05) is 0 Å². The summed E-state index contributed by atoms with van der Waals surface area (Å²) >= 11 is 1.05. The fraction of sp³-hybridized carbons (Fsp3) is 0.214. The van der Waals surface area contributed by atoms with Crippen LogP contribution in [0, 0.1) is 22.7 Å². The fourth-order valence-corrected chi connectivity index (χ4v) is 3.04. The molecule has 2 heterocycles. The van der Waals surface area contributed by atoms with Crippen LogP contribution >= 0.6 is 11.3 Å². The summed E-state index contributed by atoms with van der Waals surface area (Å²) in [5.41, 5.74) is 0.169. The minimum Gasteiger partial charge on any atom is -0.345 e. The lowest BCUT2D eigenvalue weighted by atomic mass is 10.3. The molecule has 0 unspecified atom stereocenters. The molecule has 0 atom stereocenters. The van der Waals surface area contributed by atoms with Gasteiger partial charge in [-0.05, 0) is 13.0 Å².